The number of nitrogens with zero attached hydrogens (tertiary/aromatic N) is 1. The number of nitrogens with two attached hydrogens (primary N) is 1. The van der Waals surface area contributed by atoms with Crippen LogP contribution in [-0.4, -0.2) is 23.2 Å². The molecule has 0 saturated heterocycles. The van der Waals surface area contributed by atoms with Crippen LogP contribution in [0.3, 0.4) is 0 Å². The molecule has 1 aromatic heterocycles. The second-order valence-electron chi connectivity index (χ2n) is 10.1. The summed E-state index contributed by atoms with van der Waals surface area (Å²) in [6.07, 6.45) is 5.03. The van der Waals surface area contributed by atoms with Crippen molar-refractivity contribution in [1.29, 1.82) is 0 Å². The SMILES string of the molecule is COc1cc(C(=O)O)c(F)cc1-c1ccc2sc(-c3ccc(C4CCC(C)(C)CC4)cc3)nc2c1.NS. The van der Waals surface area contributed by atoms with Crippen LogP contribution in [0.1, 0.15) is 61.4 Å². The lowest BCUT2D eigenvalue weighted by Crippen LogP contribution is -2.20. The zero-order valence-corrected chi connectivity index (χ0v) is 22.8. The average molecular weight is 539 g/mol. The fourth-order valence-corrected chi connectivity index (χ4v) is 5.91. The zero-order chi connectivity index (χ0) is 26.7. The van der Waals surface area contributed by atoms with Gasteiger partial charge < -0.3 is 9.84 Å². The van der Waals surface area contributed by atoms with E-state index >= 15 is 0 Å². The first-order valence-corrected chi connectivity index (χ1v) is 13.5. The minimum absolute atomic E-state index is 0.306. The number of thiazole rings is 1. The molecule has 1 heterocycles. The summed E-state index contributed by atoms with van der Waals surface area (Å²) in [6, 6.07) is 17.0. The number of rotatable bonds is 5. The fraction of sp³-hybridized carbons (Fsp3) is 0.310. The summed E-state index contributed by atoms with van der Waals surface area (Å²) in [4.78, 5) is 16.1. The molecule has 1 saturated carbocycles. The lowest BCUT2D eigenvalue weighted by Gasteiger charge is -2.34. The summed E-state index contributed by atoms with van der Waals surface area (Å²) >= 11 is 4.65. The molecule has 1 fully saturated rings. The van der Waals surface area contributed by atoms with E-state index < -0.39 is 17.3 Å². The molecule has 0 aliphatic heterocycles. The van der Waals surface area contributed by atoms with E-state index in [0.717, 1.165) is 26.4 Å². The summed E-state index contributed by atoms with van der Waals surface area (Å²) in [6.45, 7) is 4.73. The molecule has 1 aliphatic carbocycles. The van der Waals surface area contributed by atoms with E-state index in [1.165, 1.54) is 50.5 Å². The minimum atomic E-state index is -1.33. The van der Waals surface area contributed by atoms with Crippen LogP contribution in [0.25, 0.3) is 31.9 Å². The number of ether oxygens (including phenoxy) is 1. The fourth-order valence-electron chi connectivity index (χ4n) is 4.96. The van der Waals surface area contributed by atoms with Crippen LogP contribution >= 0.6 is 24.2 Å². The van der Waals surface area contributed by atoms with Gasteiger partial charge in [-0.1, -0.05) is 44.2 Å². The largest absolute Gasteiger partial charge is 0.496 e. The summed E-state index contributed by atoms with van der Waals surface area (Å²) < 4.78 is 20.8. The number of carboxylic acid groups (broad SMARTS) is 1. The van der Waals surface area contributed by atoms with E-state index in [9.17, 15) is 14.3 Å². The number of hydrogen-bond acceptors (Lipinski definition) is 6. The van der Waals surface area contributed by atoms with Gasteiger partial charge in [-0.3, -0.25) is 5.14 Å². The second kappa shape index (κ2) is 11.2. The van der Waals surface area contributed by atoms with Crippen molar-refractivity contribution in [2.75, 3.05) is 7.11 Å². The quantitative estimate of drug-likeness (QED) is 0.225. The van der Waals surface area contributed by atoms with Gasteiger partial charge in [0.15, 0.2) is 0 Å². The molecule has 5 nitrogen and oxygen atoms in total. The van der Waals surface area contributed by atoms with Crippen LogP contribution in [-0.2, 0) is 0 Å². The molecule has 5 rings (SSSR count). The molecule has 3 N–H and O–H groups in total. The first-order chi connectivity index (χ1) is 17.7. The summed E-state index contributed by atoms with van der Waals surface area (Å²) in [7, 11) is 1.44. The van der Waals surface area contributed by atoms with Gasteiger partial charge >= 0.3 is 5.97 Å². The minimum Gasteiger partial charge on any atom is -0.496 e. The van der Waals surface area contributed by atoms with Gasteiger partial charge in [-0.05, 0) is 72.4 Å². The number of hydrogen-bond donors (Lipinski definition) is 3. The molecule has 37 heavy (non-hydrogen) atoms. The predicted octanol–water partition coefficient (Wildman–Crippen LogP) is 7.95. The number of fused-ring (bicyclic) bond motifs is 1. The molecule has 8 heteroatoms. The topological polar surface area (TPSA) is 85.4 Å². The van der Waals surface area contributed by atoms with Crippen molar-refractivity contribution in [3.63, 3.8) is 0 Å². The maximum atomic E-state index is 14.4. The van der Waals surface area contributed by atoms with Gasteiger partial charge in [-0.15, -0.1) is 24.2 Å². The Kier molecular flexibility index (Phi) is 8.21. The highest BCUT2D eigenvalue weighted by molar-refractivity contribution is 7.77. The smallest absolute Gasteiger partial charge is 0.338 e. The molecular formula is C29H31FN2O3S2. The number of thiol groups is 1. The van der Waals surface area contributed by atoms with Crippen LogP contribution in [0.2, 0.25) is 0 Å². The Morgan fingerprint density at radius 2 is 1.73 bits per heavy atom. The van der Waals surface area contributed by atoms with Gasteiger partial charge in [0.25, 0.3) is 0 Å². The monoisotopic (exact) mass is 538 g/mol. The molecule has 0 amide bonds. The third-order valence-electron chi connectivity index (χ3n) is 7.19. The third-order valence-corrected chi connectivity index (χ3v) is 8.27. The maximum absolute atomic E-state index is 14.4. The first kappa shape index (κ1) is 27.1. The molecule has 1 aliphatic rings. The van der Waals surface area contributed by atoms with E-state index in [0.29, 0.717) is 22.6 Å². The van der Waals surface area contributed by atoms with Crippen LogP contribution in [0.5, 0.6) is 5.75 Å². The molecular weight excluding hydrogens is 507 g/mol. The highest BCUT2D eigenvalue weighted by atomic mass is 32.1. The van der Waals surface area contributed by atoms with Crippen molar-refractivity contribution in [1.82, 2.24) is 4.98 Å². The standard InChI is InChI=1S/C29H28FNO3S.H3NS/c1-29(2)12-10-18(11-13-29)17-4-6-19(7-5-17)27-31-24-14-20(8-9-26(24)35-27)21-15-23(30)22(28(32)33)16-25(21)34-3;1-2/h4-9,14-16,18H,10-13H2,1-3H3,(H,32,33);2H,1H2. The van der Waals surface area contributed by atoms with Gasteiger partial charge in [-0.25, -0.2) is 14.2 Å². The van der Waals surface area contributed by atoms with Crippen molar-refractivity contribution in [3.05, 3.63) is 71.5 Å². The number of halogens is 1. The second-order valence-corrected chi connectivity index (χ2v) is 11.1. The summed E-state index contributed by atoms with van der Waals surface area (Å²) in [5.74, 6) is -1.18. The van der Waals surface area contributed by atoms with Crippen molar-refractivity contribution in [2.45, 2.75) is 45.4 Å². The van der Waals surface area contributed by atoms with Gasteiger partial charge in [0.05, 0.1) is 22.9 Å². The highest BCUT2D eigenvalue weighted by Crippen LogP contribution is 2.43. The molecule has 0 spiro atoms. The number of aromatic nitrogens is 1. The van der Waals surface area contributed by atoms with Crippen LogP contribution in [0.4, 0.5) is 4.39 Å². The Balaban J connectivity index is 0.00000156. The van der Waals surface area contributed by atoms with Crippen molar-refractivity contribution < 1.29 is 19.0 Å². The van der Waals surface area contributed by atoms with Crippen molar-refractivity contribution >= 4 is 40.3 Å². The normalized spacial score (nSPS) is 15.2. The number of methoxy groups -OCH3 is 1. The zero-order valence-electron chi connectivity index (χ0n) is 21.1. The molecule has 0 radical (unpaired) electrons. The molecule has 0 bridgehead atoms. The van der Waals surface area contributed by atoms with E-state index in [-0.39, 0.29) is 0 Å². The van der Waals surface area contributed by atoms with Crippen molar-refractivity contribution in [2.24, 2.45) is 10.6 Å². The average Bonchev–Trinajstić information content (AvgIpc) is 3.33. The number of carbonyl (C=O) groups is 1. The van der Waals surface area contributed by atoms with E-state index in [2.05, 4.69) is 56.1 Å². The van der Waals surface area contributed by atoms with E-state index in [4.69, 9.17) is 9.72 Å². The number of carboxylic acids is 1. The summed E-state index contributed by atoms with van der Waals surface area (Å²) in [5.41, 5.74) is 4.57. The van der Waals surface area contributed by atoms with Crippen LogP contribution in [0, 0.1) is 11.2 Å². The lowest BCUT2D eigenvalue weighted by molar-refractivity contribution is 0.0691. The van der Waals surface area contributed by atoms with Gasteiger partial charge in [0.1, 0.15) is 16.6 Å². The Morgan fingerprint density at radius 1 is 1.08 bits per heavy atom. The van der Waals surface area contributed by atoms with Gasteiger partial charge in [0.2, 0.25) is 0 Å². The molecule has 194 valence electrons. The molecule has 3 aromatic carbocycles. The third kappa shape index (κ3) is 5.81. The Morgan fingerprint density at radius 3 is 2.35 bits per heavy atom. The predicted molar refractivity (Wildman–Crippen MR) is 152 cm³/mol. The van der Waals surface area contributed by atoms with Crippen LogP contribution in [0.15, 0.2) is 54.6 Å². The summed E-state index contributed by atoms with van der Waals surface area (Å²) in [5, 5.41) is 14.3. The van der Waals surface area contributed by atoms with Gasteiger partial charge in [0, 0.05) is 11.1 Å². The Hall–Kier alpha value is -2.94. The Bertz CT molecular complexity index is 1410. The lowest BCUT2D eigenvalue weighted by atomic mass is 9.71. The first-order valence-electron chi connectivity index (χ1n) is 12.1. The molecule has 0 unspecified atom stereocenters. The Labute approximate surface area is 226 Å². The van der Waals surface area contributed by atoms with Crippen LogP contribution < -0.4 is 9.88 Å². The van der Waals surface area contributed by atoms with Crippen molar-refractivity contribution in [3.8, 4) is 27.4 Å². The highest BCUT2D eigenvalue weighted by Gasteiger charge is 2.27. The van der Waals surface area contributed by atoms with E-state index in [1.54, 1.807) is 11.3 Å². The number of aromatic carboxylic acids is 1. The maximum Gasteiger partial charge on any atom is 0.338 e. The molecule has 4 aromatic rings. The number of benzene rings is 3. The van der Waals surface area contributed by atoms with E-state index in [1.807, 2.05) is 18.2 Å². The van der Waals surface area contributed by atoms with Gasteiger partial charge in [-0.2, -0.15) is 0 Å². The molecule has 0 atom stereocenters.